The van der Waals surface area contributed by atoms with Gasteiger partial charge in [0.25, 0.3) is 0 Å². The molecule has 0 aromatic carbocycles. The van der Waals surface area contributed by atoms with Gasteiger partial charge < -0.3 is 29.9 Å². The second-order valence-electron chi connectivity index (χ2n) is 3.32. The van der Waals surface area contributed by atoms with E-state index in [0.717, 1.165) is 13.8 Å². The highest BCUT2D eigenvalue weighted by molar-refractivity contribution is 5.77. The number of hydrogen-bond acceptors (Lipinski definition) is 8. The standard InChI is InChI=1S/C8H14O8/c1-7(11,12)15-5(9)3-4-6(10)16-8(2,13)14/h11-14H,3-4H2,1-2H3. The van der Waals surface area contributed by atoms with Crippen LogP contribution in [0.3, 0.4) is 0 Å². The Morgan fingerprint density at radius 3 is 1.31 bits per heavy atom. The quantitative estimate of drug-likeness (QED) is 0.324. The summed E-state index contributed by atoms with van der Waals surface area (Å²) in [5.74, 6) is -7.29. The molecule has 16 heavy (non-hydrogen) atoms. The van der Waals surface area contributed by atoms with Crippen molar-refractivity contribution >= 4 is 11.9 Å². The van der Waals surface area contributed by atoms with Crippen molar-refractivity contribution in [2.24, 2.45) is 0 Å². The van der Waals surface area contributed by atoms with Gasteiger partial charge in [-0.1, -0.05) is 0 Å². The first-order valence-corrected chi connectivity index (χ1v) is 4.33. The van der Waals surface area contributed by atoms with Crippen LogP contribution in [0.15, 0.2) is 0 Å². The third kappa shape index (κ3) is 9.34. The van der Waals surface area contributed by atoms with Crippen molar-refractivity contribution in [1.82, 2.24) is 0 Å². The minimum Gasteiger partial charge on any atom is -0.408 e. The summed E-state index contributed by atoms with van der Waals surface area (Å²) < 4.78 is 8.12. The van der Waals surface area contributed by atoms with E-state index in [2.05, 4.69) is 9.47 Å². The predicted molar refractivity (Wildman–Crippen MR) is 47.1 cm³/mol. The molecule has 94 valence electrons. The maximum absolute atomic E-state index is 10.9. The highest BCUT2D eigenvalue weighted by Gasteiger charge is 2.24. The van der Waals surface area contributed by atoms with E-state index in [9.17, 15) is 9.59 Å². The van der Waals surface area contributed by atoms with Crippen LogP contribution in [0.1, 0.15) is 26.7 Å². The van der Waals surface area contributed by atoms with Gasteiger partial charge in [-0.15, -0.1) is 0 Å². The summed E-state index contributed by atoms with van der Waals surface area (Å²) in [6.07, 6.45) is -0.961. The maximum Gasteiger partial charge on any atom is 0.321 e. The maximum atomic E-state index is 10.9. The molecule has 0 aliphatic heterocycles. The Hall–Kier alpha value is -1.22. The van der Waals surface area contributed by atoms with E-state index >= 15 is 0 Å². The van der Waals surface area contributed by atoms with E-state index in [1.165, 1.54) is 0 Å². The van der Waals surface area contributed by atoms with Gasteiger partial charge in [0.2, 0.25) is 0 Å². The number of rotatable bonds is 5. The average molecular weight is 238 g/mol. The number of carbonyl (C=O) groups excluding carboxylic acids is 2. The molecule has 0 aliphatic rings. The molecule has 0 saturated carbocycles. The smallest absolute Gasteiger partial charge is 0.321 e. The number of carbonyl (C=O) groups is 2. The Morgan fingerprint density at radius 2 is 1.12 bits per heavy atom. The van der Waals surface area contributed by atoms with Gasteiger partial charge in [0, 0.05) is 13.8 Å². The molecule has 0 aromatic rings. The van der Waals surface area contributed by atoms with E-state index in [1.807, 2.05) is 0 Å². The lowest BCUT2D eigenvalue weighted by atomic mass is 10.3. The van der Waals surface area contributed by atoms with Crippen LogP contribution in [0.25, 0.3) is 0 Å². The molecule has 0 spiro atoms. The minimum atomic E-state index is -2.61. The van der Waals surface area contributed by atoms with Gasteiger partial charge in [0.05, 0.1) is 12.8 Å². The molecule has 0 rings (SSSR count). The van der Waals surface area contributed by atoms with E-state index in [4.69, 9.17) is 20.4 Å². The zero-order valence-electron chi connectivity index (χ0n) is 8.84. The van der Waals surface area contributed by atoms with Gasteiger partial charge in [-0.05, 0) is 0 Å². The van der Waals surface area contributed by atoms with Crippen LogP contribution in [0, 0.1) is 0 Å². The lowest BCUT2D eigenvalue weighted by Gasteiger charge is -2.17. The van der Waals surface area contributed by atoms with Crippen LogP contribution in [-0.2, 0) is 19.1 Å². The first-order chi connectivity index (χ1) is 6.99. The molecule has 4 N–H and O–H groups in total. The first-order valence-electron chi connectivity index (χ1n) is 4.33. The topological polar surface area (TPSA) is 134 Å². The third-order valence-electron chi connectivity index (χ3n) is 1.15. The molecular weight excluding hydrogens is 224 g/mol. The second-order valence-corrected chi connectivity index (χ2v) is 3.32. The Bertz CT molecular complexity index is 230. The largest absolute Gasteiger partial charge is 0.408 e. The fraction of sp³-hybridized carbons (Fsp3) is 0.750. The number of aliphatic hydroxyl groups is 4. The molecule has 0 heterocycles. The zero-order valence-corrected chi connectivity index (χ0v) is 8.84. The number of esters is 2. The predicted octanol–water partition coefficient (Wildman–Crippen LogP) is -1.83. The van der Waals surface area contributed by atoms with Gasteiger partial charge in [0.1, 0.15) is 0 Å². The van der Waals surface area contributed by atoms with Crippen molar-refractivity contribution in [3.8, 4) is 0 Å². The molecule has 0 saturated heterocycles. The minimum absolute atomic E-state index is 0.481. The van der Waals surface area contributed by atoms with E-state index < -0.39 is 36.7 Å². The van der Waals surface area contributed by atoms with Crippen LogP contribution >= 0.6 is 0 Å². The Kier molecular flexibility index (Phi) is 4.81. The van der Waals surface area contributed by atoms with Crippen LogP contribution in [0.5, 0.6) is 0 Å². The fourth-order valence-corrected chi connectivity index (χ4v) is 0.737. The van der Waals surface area contributed by atoms with E-state index in [0.29, 0.717) is 0 Å². The van der Waals surface area contributed by atoms with Crippen molar-refractivity contribution in [2.45, 2.75) is 38.6 Å². The Balaban J connectivity index is 3.90. The van der Waals surface area contributed by atoms with E-state index in [-0.39, 0.29) is 0 Å². The van der Waals surface area contributed by atoms with Crippen molar-refractivity contribution in [3.63, 3.8) is 0 Å². The van der Waals surface area contributed by atoms with Crippen LogP contribution < -0.4 is 0 Å². The molecule has 0 aliphatic carbocycles. The summed E-state index contributed by atoms with van der Waals surface area (Å²) >= 11 is 0. The van der Waals surface area contributed by atoms with Gasteiger partial charge in [0.15, 0.2) is 0 Å². The second kappa shape index (κ2) is 5.21. The lowest BCUT2D eigenvalue weighted by Crippen LogP contribution is -2.32. The Morgan fingerprint density at radius 1 is 0.875 bits per heavy atom. The number of hydrogen-bond donors (Lipinski definition) is 4. The highest BCUT2D eigenvalue weighted by Crippen LogP contribution is 2.07. The molecule has 0 aromatic heterocycles. The molecular formula is C8H14O8. The number of ether oxygens (including phenoxy) is 2. The molecule has 8 heteroatoms. The zero-order chi connectivity index (χ0) is 13.0. The monoisotopic (exact) mass is 238 g/mol. The Labute approximate surface area is 91.0 Å². The molecule has 0 unspecified atom stereocenters. The lowest BCUT2D eigenvalue weighted by molar-refractivity contribution is -0.311. The fourth-order valence-electron chi connectivity index (χ4n) is 0.737. The van der Waals surface area contributed by atoms with Gasteiger partial charge in [-0.2, -0.15) is 0 Å². The van der Waals surface area contributed by atoms with Crippen LogP contribution in [-0.4, -0.2) is 44.3 Å². The van der Waals surface area contributed by atoms with Crippen molar-refractivity contribution in [2.75, 3.05) is 0 Å². The summed E-state index contributed by atoms with van der Waals surface area (Å²) in [6, 6.07) is 0. The molecule has 8 nitrogen and oxygen atoms in total. The van der Waals surface area contributed by atoms with Crippen LogP contribution in [0.4, 0.5) is 0 Å². The summed E-state index contributed by atoms with van der Waals surface area (Å²) in [6.45, 7) is 1.64. The first kappa shape index (κ1) is 14.8. The normalized spacial score (nSPS) is 12.1. The molecule has 0 bridgehead atoms. The summed E-state index contributed by atoms with van der Waals surface area (Å²) in [5, 5.41) is 34.6. The summed E-state index contributed by atoms with van der Waals surface area (Å²) in [4.78, 5) is 21.7. The van der Waals surface area contributed by atoms with Gasteiger partial charge in [-0.25, -0.2) is 0 Å². The van der Waals surface area contributed by atoms with E-state index in [1.54, 1.807) is 0 Å². The van der Waals surface area contributed by atoms with Crippen molar-refractivity contribution in [1.29, 1.82) is 0 Å². The third-order valence-corrected chi connectivity index (χ3v) is 1.15. The van der Waals surface area contributed by atoms with Crippen molar-refractivity contribution in [3.05, 3.63) is 0 Å². The molecule has 0 atom stereocenters. The van der Waals surface area contributed by atoms with Crippen molar-refractivity contribution < 1.29 is 39.5 Å². The molecule has 0 fully saturated rings. The van der Waals surface area contributed by atoms with Gasteiger partial charge in [-0.3, -0.25) is 9.59 Å². The van der Waals surface area contributed by atoms with Crippen LogP contribution in [0.2, 0.25) is 0 Å². The SMILES string of the molecule is CC(O)(O)OC(=O)CCC(=O)OC(C)(O)O. The molecule has 0 amide bonds. The van der Waals surface area contributed by atoms with Gasteiger partial charge >= 0.3 is 23.9 Å². The average Bonchev–Trinajstić information content (AvgIpc) is 1.94. The summed E-state index contributed by atoms with van der Waals surface area (Å²) in [7, 11) is 0. The highest BCUT2D eigenvalue weighted by atomic mass is 16.8. The summed E-state index contributed by atoms with van der Waals surface area (Å²) in [5.41, 5.74) is 0. The molecule has 0 radical (unpaired) electrons.